The van der Waals surface area contributed by atoms with Gasteiger partial charge >= 0.3 is 5.97 Å². The van der Waals surface area contributed by atoms with Crippen LogP contribution in [0.5, 0.6) is 0 Å². The predicted molar refractivity (Wildman–Crippen MR) is 349 cm³/mol. The summed E-state index contributed by atoms with van der Waals surface area (Å²) in [7, 11) is -7.79. The highest BCUT2D eigenvalue weighted by atomic mass is 127. The van der Waals surface area contributed by atoms with Gasteiger partial charge in [0.15, 0.2) is 25.0 Å². The maximum atomic E-state index is 14.9. The summed E-state index contributed by atoms with van der Waals surface area (Å²) in [4.78, 5) is 29.1. The summed E-state index contributed by atoms with van der Waals surface area (Å²) < 4.78 is 66.8. The third-order valence-corrected chi connectivity index (χ3v) is 36.5. The van der Waals surface area contributed by atoms with Crippen LogP contribution in [-0.2, 0) is 46.5 Å². The molecule has 0 saturated carbocycles. The normalized spacial score (nSPS) is 37.5. The van der Waals surface area contributed by atoms with Crippen molar-refractivity contribution in [2.75, 3.05) is 4.43 Å². The zero-order valence-electron chi connectivity index (χ0n) is 54.9. The van der Waals surface area contributed by atoms with Gasteiger partial charge in [-0.1, -0.05) is 150 Å². The molecular formula is C67H113IO12Si3. The predicted octanol–water partition coefficient (Wildman–Crippen LogP) is 15.7. The summed E-state index contributed by atoms with van der Waals surface area (Å²) in [5.41, 5.74) is 0.810. The molecule has 1 N–H and O–H groups in total. The highest BCUT2D eigenvalue weighted by Gasteiger charge is 2.59. The number of halogens is 1. The number of aliphatic hydroxyl groups excluding tert-OH is 1. The average molecular weight is 1320 g/mol. The van der Waals surface area contributed by atoms with E-state index in [0.29, 0.717) is 50.0 Å². The number of ether oxygens (including phenoxy) is 6. The van der Waals surface area contributed by atoms with Gasteiger partial charge in [0.2, 0.25) is 0 Å². The number of alkyl halides is 1. The number of Topliss-reactive ketones (excluding diaryl/α,β-unsaturated/α-hetero) is 1. The zero-order valence-corrected chi connectivity index (χ0v) is 60.0. The first-order valence-electron chi connectivity index (χ1n) is 32.2. The first-order chi connectivity index (χ1) is 38.5. The number of aliphatic hydroxyl groups is 1. The van der Waals surface area contributed by atoms with Gasteiger partial charge in [-0.25, -0.2) is 4.79 Å². The topological polar surface area (TPSA) is 137 Å². The Morgan fingerprint density at radius 2 is 1.33 bits per heavy atom. The molecule has 1 aromatic rings. The molecule has 7 bridgehead atoms. The van der Waals surface area contributed by atoms with Gasteiger partial charge in [-0.2, -0.15) is 0 Å². The second-order valence-corrected chi connectivity index (χ2v) is 46.1. The standard InChI is InChI=1S/C67H113IO12Si3/c1-21-42(2)35-56-45(5)52-38-47(69)37-49-30-32-54-59(73-49)61(79-82(17,18)65(9,10)11)62(80-83(19,20)66(12,13)14)60(76-54)55(78-81(15,16)64(6,7)8)33-29-48(74-63(71)46-25-23-22-24-26-46)27-28-51-40-67(41-68)58(72-51)34-31-50(77-67)36-43(3)44(4)53(70)39-57(52)75-56/h22-26,29,33,42-43,45,48-62,70H,4,21,27-28,30-32,34-41H2,1-3,5-20H3/b33-29+/t42-,43-,45-,48?,49?,50-,51+,52-,53-,54+,55+,56-,57+,58+,59+,60+,61+,62-,67-/m1/s1. The van der Waals surface area contributed by atoms with Crippen molar-refractivity contribution in [1.29, 1.82) is 0 Å². The molecule has 2 unspecified atom stereocenters. The number of fused-ring (bicyclic) bond motifs is 2. The Kier molecular flexibility index (Phi) is 23.0. The van der Waals surface area contributed by atoms with E-state index in [4.69, 9.17) is 41.7 Å². The summed E-state index contributed by atoms with van der Waals surface area (Å²) in [5, 5.41) is 11.6. The molecule has 8 aliphatic rings. The number of benzene rings is 1. The van der Waals surface area contributed by atoms with E-state index in [1.54, 1.807) is 12.1 Å². The second kappa shape index (κ2) is 27.5. The van der Waals surface area contributed by atoms with Crippen molar-refractivity contribution in [2.45, 2.75) is 319 Å². The van der Waals surface area contributed by atoms with Crippen LogP contribution < -0.4 is 0 Å². The Bertz CT molecular complexity index is 2350. The summed E-state index contributed by atoms with van der Waals surface area (Å²) in [6.45, 7) is 47.7. The van der Waals surface area contributed by atoms with Gasteiger partial charge in [0.05, 0.1) is 60.5 Å². The van der Waals surface area contributed by atoms with Crippen molar-refractivity contribution in [3.05, 3.63) is 60.2 Å². The van der Waals surface area contributed by atoms with Crippen molar-refractivity contribution >= 4 is 59.3 Å². The molecule has 8 heterocycles. The van der Waals surface area contributed by atoms with Gasteiger partial charge in [-0.3, -0.25) is 4.79 Å². The van der Waals surface area contributed by atoms with Crippen molar-refractivity contribution in [3.63, 3.8) is 0 Å². The number of hydrogen-bond donors (Lipinski definition) is 1. The summed E-state index contributed by atoms with van der Waals surface area (Å²) in [6.07, 6.45) is 7.20. The number of rotatable bonds is 12. The van der Waals surface area contributed by atoms with E-state index in [0.717, 1.165) is 48.5 Å². The van der Waals surface area contributed by atoms with Gasteiger partial charge in [-0.15, -0.1) is 0 Å². The number of carbonyl (C=O) groups is 2. The highest BCUT2D eigenvalue weighted by Crippen LogP contribution is 2.50. The van der Waals surface area contributed by atoms with Gasteiger partial charge < -0.3 is 46.8 Å². The molecule has 0 radical (unpaired) electrons. The Balaban J connectivity index is 1.35. The largest absolute Gasteiger partial charge is 0.455 e. The second-order valence-electron chi connectivity index (χ2n) is 31.1. The minimum Gasteiger partial charge on any atom is -0.455 e. The molecule has 472 valence electrons. The Hall–Kier alpha value is -1.14. The first-order valence-corrected chi connectivity index (χ1v) is 42.5. The smallest absolute Gasteiger partial charge is 0.338 e. The number of esters is 1. The van der Waals surface area contributed by atoms with Crippen LogP contribution in [-0.4, -0.2) is 137 Å². The van der Waals surface area contributed by atoms with Gasteiger partial charge in [0.25, 0.3) is 0 Å². The summed E-state index contributed by atoms with van der Waals surface area (Å²) in [6, 6.07) is 9.23. The average Bonchev–Trinajstić information content (AvgIpc) is 3.08. The van der Waals surface area contributed by atoms with Crippen molar-refractivity contribution < 1.29 is 56.4 Å². The highest BCUT2D eigenvalue weighted by molar-refractivity contribution is 14.1. The Morgan fingerprint density at radius 1 is 0.735 bits per heavy atom. The van der Waals surface area contributed by atoms with Crippen LogP contribution in [0.4, 0.5) is 0 Å². The minimum atomic E-state index is -2.62. The van der Waals surface area contributed by atoms with Gasteiger partial charge in [0, 0.05) is 30.1 Å². The van der Waals surface area contributed by atoms with Crippen LogP contribution in [0.1, 0.15) is 184 Å². The Morgan fingerprint density at radius 3 is 1.93 bits per heavy atom. The van der Waals surface area contributed by atoms with E-state index in [2.05, 4.69) is 165 Å². The van der Waals surface area contributed by atoms with Crippen molar-refractivity contribution in [2.24, 2.45) is 23.7 Å². The lowest BCUT2D eigenvalue weighted by Crippen LogP contribution is -2.69. The maximum Gasteiger partial charge on any atom is 0.338 e. The van der Waals surface area contributed by atoms with E-state index in [9.17, 15) is 14.7 Å². The van der Waals surface area contributed by atoms with E-state index in [-0.39, 0.29) is 87.8 Å². The summed E-state index contributed by atoms with van der Waals surface area (Å²) in [5.74, 6) is 0.297. The molecule has 5 saturated heterocycles. The molecule has 0 amide bonds. The molecule has 19 atom stereocenters. The first kappa shape index (κ1) is 69.3. The van der Waals surface area contributed by atoms with Gasteiger partial charge in [-0.05, 0) is 153 Å². The molecule has 0 spiro atoms. The maximum absolute atomic E-state index is 14.9. The third-order valence-electron chi connectivity index (χ3n) is 21.8. The lowest BCUT2D eigenvalue weighted by Gasteiger charge is -2.56. The van der Waals surface area contributed by atoms with Crippen molar-refractivity contribution in [1.82, 2.24) is 0 Å². The van der Waals surface area contributed by atoms with Crippen LogP contribution in [0.15, 0.2) is 54.6 Å². The fraction of sp³-hybridized carbons (Fsp3) is 0.821. The lowest BCUT2D eigenvalue weighted by molar-refractivity contribution is -0.266. The van der Waals surface area contributed by atoms with Crippen LogP contribution in [0, 0.1) is 23.7 Å². The fourth-order valence-corrected chi connectivity index (χ4v) is 17.7. The number of hydrogen-bond acceptors (Lipinski definition) is 12. The van der Waals surface area contributed by atoms with Crippen LogP contribution in [0.2, 0.25) is 54.4 Å². The molecule has 0 aliphatic carbocycles. The third kappa shape index (κ3) is 16.6. The SMILES string of the molecule is C=C1[C@H](C)C[C@H]2CC[C@@H]3O[C@@H](CCC(OC(=O)c4ccccc4)/C=C/[C@H](O[Si](C)(C)C(C)(C)C)[C@@H]4O[C@H]5CCC(CC(=O)C[C@@H]6[C@@H](C)[C@@H](C[C@H](C)CC)O[C@H]6C[C@H]1O)O[C@@H]5[C@H](O[Si](C)(C)C(C)(C)C)[C@@H]4O[Si](C)(C)C(C)(C)C)C[C@]3(CI)O2. The zero-order chi connectivity index (χ0) is 61.4. The number of ketones is 1. The minimum absolute atomic E-state index is 0.00364. The van der Waals surface area contributed by atoms with E-state index in [1.807, 2.05) is 24.3 Å². The van der Waals surface area contributed by atoms with Gasteiger partial charge in [0.1, 0.15) is 41.9 Å². The Labute approximate surface area is 519 Å². The summed E-state index contributed by atoms with van der Waals surface area (Å²) >= 11 is 2.48. The molecule has 8 aliphatic heterocycles. The molecule has 0 aromatic heterocycles. The van der Waals surface area contributed by atoms with Crippen LogP contribution in [0.3, 0.4) is 0 Å². The molecule has 1 aromatic carbocycles. The lowest BCUT2D eigenvalue weighted by atomic mass is 9.79. The number of carbonyl (C=O) groups excluding carboxylic acids is 2. The quantitative estimate of drug-likeness (QED) is 0.0701. The van der Waals surface area contributed by atoms with E-state index >= 15 is 0 Å². The molecule has 5 fully saturated rings. The van der Waals surface area contributed by atoms with Crippen molar-refractivity contribution in [3.8, 4) is 0 Å². The fourth-order valence-electron chi connectivity index (χ4n) is 12.9. The molecular weight excluding hydrogens is 1210 g/mol. The monoisotopic (exact) mass is 1320 g/mol. The molecule has 83 heavy (non-hydrogen) atoms. The van der Waals surface area contributed by atoms with Crippen LogP contribution in [0.25, 0.3) is 0 Å². The van der Waals surface area contributed by atoms with E-state index < -0.39 is 79.3 Å². The van der Waals surface area contributed by atoms with E-state index in [1.165, 1.54) is 0 Å². The molecule has 12 nitrogen and oxygen atoms in total. The molecule has 16 heteroatoms. The molecule has 9 rings (SSSR count). The van der Waals surface area contributed by atoms with Crippen LogP contribution >= 0.6 is 22.6 Å².